The predicted octanol–water partition coefficient (Wildman–Crippen LogP) is 0.611. The van der Waals surface area contributed by atoms with Crippen molar-refractivity contribution in [2.45, 2.75) is 51.7 Å². The Morgan fingerprint density at radius 1 is 1.16 bits per heavy atom. The lowest BCUT2D eigenvalue weighted by atomic mass is 9.96. The summed E-state index contributed by atoms with van der Waals surface area (Å²) in [5.74, 6) is -5.02. The lowest BCUT2D eigenvalue weighted by Crippen LogP contribution is -2.40. The first-order valence-corrected chi connectivity index (χ1v) is 5.97. The molecule has 7 heteroatoms. The SMILES string of the molecule is CC(C)(C)OC(=O)CCCC(N)C(C(=O)O)C(=O)O. The maximum atomic E-state index is 11.4. The van der Waals surface area contributed by atoms with E-state index in [0.29, 0.717) is 0 Å². The normalized spacial score (nSPS) is 13.1. The molecule has 19 heavy (non-hydrogen) atoms. The first-order valence-electron chi connectivity index (χ1n) is 5.97. The molecule has 0 saturated carbocycles. The number of ether oxygens (including phenoxy) is 1. The molecule has 0 rings (SSSR count). The van der Waals surface area contributed by atoms with Gasteiger partial charge in [0.05, 0.1) is 0 Å². The van der Waals surface area contributed by atoms with Crippen molar-refractivity contribution in [2.24, 2.45) is 11.7 Å². The summed E-state index contributed by atoms with van der Waals surface area (Å²) in [6, 6.07) is -1.03. The average molecular weight is 275 g/mol. The van der Waals surface area contributed by atoms with E-state index >= 15 is 0 Å². The van der Waals surface area contributed by atoms with Crippen LogP contribution in [-0.2, 0) is 19.1 Å². The fraction of sp³-hybridized carbons (Fsp3) is 0.750. The summed E-state index contributed by atoms with van der Waals surface area (Å²) in [7, 11) is 0. The molecule has 0 saturated heterocycles. The number of hydrogen-bond acceptors (Lipinski definition) is 5. The number of carboxylic acids is 2. The van der Waals surface area contributed by atoms with Gasteiger partial charge in [0.25, 0.3) is 0 Å². The smallest absolute Gasteiger partial charge is 0.319 e. The lowest BCUT2D eigenvalue weighted by Gasteiger charge is -2.20. The van der Waals surface area contributed by atoms with E-state index in [1.807, 2.05) is 0 Å². The third kappa shape index (κ3) is 7.40. The Morgan fingerprint density at radius 2 is 1.63 bits per heavy atom. The standard InChI is InChI=1S/C12H21NO6/c1-12(2,3)19-8(14)6-4-5-7(13)9(10(15)16)11(17)18/h7,9H,4-6,13H2,1-3H3,(H,15,16)(H,17,18). The van der Waals surface area contributed by atoms with E-state index in [0.717, 1.165) is 0 Å². The number of rotatable bonds is 7. The number of hydrogen-bond donors (Lipinski definition) is 3. The molecule has 0 amide bonds. The van der Waals surface area contributed by atoms with Crippen molar-refractivity contribution in [1.29, 1.82) is 0 Å². The van der Waals surface area contributed by atoms with Crippen LogP contribution in [0.4, 0.5) is 0 Å². The molecule has 4 N–H and O–H groups in total. The van der Waals surface area contributed by atoms with Crippen molar-refractivity contribution in [3.8, 4) is 0 Å². The molecule has 1 atom stereocenters. The summed E-state index contributed by atoms with van der Waals surface area (Å²) < 4.78 is 5.06. The summed E-state index contributed by atoms with van der Waals surface area (Å²) in [5, 5.41) is 17.4. The van der Waals surface area contributed by atoms with E-state index in [4.69, 9.17) is 20.7 Å². The van der Waals surface area contributed by atoms with E-state index in [1.165, 1.54) is 0 Å². The van der Waals surface area contributed by atoms with Gasteiger partial charge < -0.3 is 20.7 Å². The number of carbonyl (C=O) groups excluding carboxylic acids is 1. The monoisotopic (exact) mass is 275 g/mol. The number of esters is 1. The zero-order valence-electron chi connectivity index (χ0n) is 11.4. The van der Waals surface area contributed by atoms with Crippen molar-refractivity contribution in [3.63, 3.8) is 0 Å². The molecule has 0 aliphatic heterocycles. The van der Waals surface area contributed by atoms with Crippen LogP contribution in [0.2, 0.25) is 0 Å². The average Bonchev–Trinajstić information content (AvgIpc) is 2.12. The second kappa shape index (κ2) is 7.08. The van der Waals surface area contributed by atoms with Crippen LogP contribution in [0.1, 0.15) is 40.0 Å². The largest absolute Gasteiger partial charge is 0.481 e. The second-order valence-corrected chi connectivity index (χ2v) is 5.30. The first-order chi connectivity index (χ1) is 8.54. The van der Waals surface area contributed by atoms with Gasteiger partial charge in [0, 0.05) is 12.5 Å². The third-order valence-electron chi connectivity index (χ3n) is 2.30. The number of carboxylic acid groups (broad SMARTS) is 2. The van der Waals surface area contributed by atoms with Crippen LogP contribution in [-0.4, -0.2) is 39.8 Å². The Balaban J connectivity index is 4.17. The fourth-order valence-corrected chi connectivity index (χ4v) is 1.51. The second-order valence-electron chi connectivity index (χ2n) is 5.30. The number of nitrogens with two attached hydrogens (primary N) is 1. The molecule has 1 unspecified atom stereocenters. The van der Waals surface area contributed by atoms with Crippen LogP contribution < -0.4 is 5.73 Å². The van der Waals surface area contributed by atoms with Gasteiger partial charge in [0.15, 0.2) is 5.92 Å². The molecule has 0 aromatic rings. The molecule has 0 aliphatic carbocycles. The Kier molecular flexibility index (Phi) is 6.47. The highest BCUT2D eigenvalue weighted by Crippen LogP contribution is 2.13. The van der Waals surface area contributed by atoms with E-state index < -0.39 is 35.5 Å². The minimum atomic E-state index is -1.65. The predicted molar refractivity (Wildman–Crippen MR) is 66.4 cm³/mol. The van der Waals surface area contributed by atoms with Crippen molar-refractivity contribution >= 4 is 17.9 Å². The van der Waals surface area contributed by atoms with E-state index in [1.54, 1.807) is 20.8 Å². The zero-order valence-corrected chi connectivity index (χ0v) is 11.4. The van der Waals surface area contributed by atoms with Crippen LogP contribution in [0.3, 0.4) is 0 Å². The molecular formula is C12H21NO6. The molecule has 0 radical (unpaired) electrons. The summed E-state index contributed by atoms with van der Waals surface area (Å²) in [6.07, 6.45) is 0.493. The van der Waals surface area contributed by atoms with Crippen LogP contribution in [0, 0.1) is 5.92 Å². The molecule has 0 spiro atoms. The van der Waals surface area contributed by atoms with Gasteiger partial charge in [-0.05, 0) is 33.6 Å². The molecule has 0 bridgehead atoms. The van der Waals surface area contributed by atoms with Gasteiger partial charge in [-0.2, -0.15) is 0 Å². The first kappa shape index (κ1) is 17.4. The molecule has 0 fully saturated rings. The molecule has 0 aliphatic rings. The van der Waals surface area contributed by atoms with Crippen LogP contribution in [0.25, 0.3) is 0 Å². The highest BCUT2D eigenvalue weighted by molar-refractivity contribution is 5.93. The number of aliphatic carboxylic acids is 2. The molecule has 7 nitrogen and oxygen atoms in total. The minimum Gasteiger partial charge on any atom is -0.481 e. The summed E-state index contributed by atoms with van der Waals surface area (Å²) >= 11 is 0. The Labute approximate surface area is 111 Å². The fourth-order valence-electron chi connectivity index (χ4n) is 1.51. The molecule has 0 aromatic heterocycles. The van der Waals surface area contributed by atoms with Gasteiger partial charge in [-0.15, -0.1) is 0 Å². The van der Waals surface area contributed by atoms with Gasteiger partial charge in [-0.3, -0.25) is 14.4 Å². The molecule has 110 valence electrons. The topological polar surface area (TPSA) is 127 Å². The summed E-state index contributed by atoms with van der Waals surface area (Å²) in [4.78, 5) is 32.8. The van der Waals surface area contributed by atoms with Crippen LogP contribution >= 0.6 is 0 Å². The van der Waals surface area contributed by atoms with Gasteiger partial charge in [0.2, 0.25) is 0 Å². The van der Waals surface area contributed by atoms with E-state index in [9.17, 15) is 14.4 Å². The molecule has 0 heterocycles. The summed E-state index contributed by atoms with van der Waals surface area (Å²) in [6.45, 7) is 5.21. The maximum absolute atomic E-state index is 11.4. The number of carbonyl (C=O) groups is 3. The molecule has 0 aromatic carbocycles. The highest BCUT2D eigenvalue weighted by atomic mass is 16.6. The lowest BCUT2D eigenvalue weighted by molar-refractivity contribution is -0.155. The Bertz CT molecular complexity index is 333. The minimum absolute atomic E-state index is 0.0803. The quantitative estimate of drug-likeness (QED) is 0.459. The van der Waals surface area contributed by atoms with Gasteiger partial charge in [0.1, 0.15) is 5.60 Å². The van der Waals surface area contributed by atoms with E-state index in [-0.39, 0.29) is 19.3 Å². The van der Waals surface area contributed by atoms with Crippen LogP contribution in [0.5, 0.6) is 0 Å². The highest BCUT2D eigenvalue weighted by Gasteiger charge is 2.32. The van der Waals surface area contributed by atoms with Crippen molar-refractivity contribution < 1.29 is 29.3 Å². The Hall–Kier alpha value is -1.63. The van der Waals surface area contributed by atoms with Crippen molar-refractivity contribution in [2.75, 3.05) is 0 Å². The van der Waals surface area contributed by atoms with Gasteiger partial charge in [-0.25, -0.2) is 0 Å². The van der Waals surface area contributed by atoms with Crippen LogP contribution in [0.15, 0.2) is 0 Å². The third-order valence-corrected chi connectivity index (χ3v) is 2.30. The van der Waals surface area contributed by atoms with Crippen molar-refractivity contribution in [1.82, 2.24) is 0 Å². The summed E-state index contributed by atoms with van der Waals surface area (Å²) in [5.41, 5.74) is 4.94. The van der Waals surface area contributed by atoms with E-state index in [2.05, 4.69) is 0 Å². The maximum Gasteiger partial charge on any atom is 0.319 e. The van der Waals surface area contributed by atoms with Crippen molar-refractivity contribution in [3.05, 3.63) is 0 Å². The van der Waals surface area contributed by atoms with Gasteiger partial charge >= 0.3 is 17.9 Å². The van der Waals surface area contributed by atoms with Gasteiger partial charge in [-0.1, -0.05) is 0 Å². The molecular weight excluding hydrogens is 254 g/mol. The zero-order chi connectivity index (χ0) is 15.2. The Morgan fingerprint density at radius 3 is 2.00 bits per heavy atom.